The van der Waals surface area contributed by atoms with Gasteiger partial charge in [-0.2, -0.15) is 0 Å². The van der Waals surface area contributed by atoms with Crippen LogP contribution in [0, 0.1) is 6.92 Å². The normalized spacial score (nSPS) is 13.1. The first-order chi connectivity index (χ1) is 8.27. The van der Waals surface area contributed by atoms with E-state index in [0.29, 0.717) is 12.1 Å². The van der Waals surface area contributed by atoms with Gasteiger partial charge in [0.25, 0.3) is 0 Å². The monoisotopic (exact) mass is 350 g/mol. The Morgan fingerprint density at radius 1 is 1.56 bits per heavy atom. The second-order valence-corrected chi connectivity index (χ2v) is 7.10. The van der Waals surface area contributed by atoms with Crippen LogP contribution in [0.2, 0.25) is 0 Å². The maximum absolute atomic E-state index is 12.1. The van der Waals surface area contributed by atoms with Crippen molar-refractivity contribution in [2.45, 2.75) is 25.5 Å². The van der Waals surface area contributed by atoms with E-state index in [1.165, 1.54) is 0 Å². The summed E-state index contributed by atoms with van der Waals surface area (Å²) >= 11 is 8.13. The van der Waals surface area contributed by atoms with E-state index in [1.54, 1.807) is 25.1 Å². The average Bonchev–Trinajstić information content (AvgIpc) is 2.22. The molecule has 1 rings (SSSR count). The third kappa shape index (κ3) is 3.66. The molecule has 0 fully saturated rings. The van der Waals surface area contributed by atoms with E-state index in [-0.39, 0.29) is 4.99 Å². The second-order valence-electron chi connectivity index (χ2n) is 3.91. The Morgan fingerprint density at radius 3 is 2.61 bits per heavy atom. The zero-order valence-corrected chi connectivity index (χ0v) is 13.3. The van der Waals surface area contributed by atoms with Gasteiger partial charge < -0.3 is 5.73 Å². The summed E-state index contributed by atoms with van der Waals surface area (Å²) in [6, 6.07) is 5.21. The highest BCUT2D eigenvalue weighted by atomic mass is 79.9. The number of thiocarbonyl (C=S) groups is 1. The third-order valence-corrected chi connectivity index (χ3v) is 5.66. The van der Waals surface area contributed by atoms with Crippen molar-refractivity contribution in [3.8, 4) is 0 Å². The van der Waals surface area contributed by atoms with Crippen LogP contribution in [0.4, 0.5) is 5.69 Å². The summed E-state index contributed by atoms with van der Waals surface area (Å²) in [5.41, 5.74) is 6.89. The van der Waals surface area contributed by atoms with Gasteiger partial charge in [0, 0.05) is 10.2 Å². The van der Waals surface area contributed by atoms with Crippen LogP contribution in [0.25, 0.3) is 0 Å². The quantitative estimate of drug-likeness (QED) is 0.800. The molecule has 0 aliphatic rings. The molecule has 4 nitrogen and oxygen atoms in total. The van der Waals surface area contributed by atoms with Gasteiger partial charge in [0.2, 0.25) is 10.0 Å². The molecule has 3 N–H and O–H groups in total. The minimum absolute atomic E-state index is 0.0150. The van der Waals surface area contributed by atoms with Crippen LogP contribution < -0.4 is 10.5 Å². The first kappa shape index (κ1) is 15.4. The lowest BCUT2D eigenvalue weighted by Gasteiger charge is -2.16. The SMILES string of the molecule is CCC(C(N)=S)S(=O)(=O)Nc1ccc(Br)c(C)c1. The molecule has 100 valence electrons. The molecule has 0 amide bonds. The van der Waals surface area contributed by atoms with Gasteiger partial charge in [-0.1, -0.05) is 35.1 Å². The number of nitrogens with one attached hydrogen (secondary N) is 1. The number of halogens is 1. The minimum Gasteiger partial charge on any atom is -0.392 e. The van der Waals surface area contributed by atoms with Crippen LogP contribution in [0.15, 0.2) is 22.7 Å². The predicted octanol–water partition coefficient (Wildman–Crippen LogP) is 2.56. The number of aryl methyl sites for hydroxylation is 1. The number of rotatable bonds is 5. The zero-order chi connectivity index (χ0) is 13.9. The lowest BCUT2D eigenvalue weighted by Crippen LogP contribution is -2.37. The van der Waals surface area contributed by atoms with Gasteiger partial charge in [0.15, 0.2) is 0 Å². The molecule has 7 heteroatoms. The molecule has 0 aromatic heterocycles. The summed E-state index contributed by atoms with van der Waals surface area (Å²) in [7, 11) is -3.59. The fraction of sp³-hybridized carbons (Fsp3) is 0.364. The maximum atomic E-state index is 12.1. The minimum atomic E-state index is -3.59. The van der Waals surface area contributed by atoms with E-state index < -0.39 is 15.3 Å². The van der Waals surface area contributed by atoms with Crippen molar-refractivity contribution >= 4 is 48.8 Å². The molecule has 0 aliphatic heterocycles. The van der Waals surface area contributed by atoms with Crippen LogP contribution in [0.5, 0.6) is 0 Å². The van der Waals surface area contributed by atoms with Crippen LogP contribution >= 0.6 is 28.1 Å². The van der Waals surface area contributed by atoms with Crippen molar-refractivity contribution in [2.24, 2.45) is 5.73 Å². The van der Waals surface area contributed by atoms with Gasteiger partial charge in [-0.3, -0.25) is 4.72 Å². The number of benzene rings is 1. The lowest BCUT2D eigenvalue weighted by atomic mass is 10.2. The number of anilines is 1. The fourth-order valence-electron chi connectivity index (χ4n) is 1.52. The van der Waals surface area contributed by atoms with Crippen LogP contribution in [0.3, 0.4) is 0 Å². The van der Waals surface area contributed by atoms with E-state index in [1.807, 2.05) is 6.92 Å². The summed E-state index contributed by atoms with van der Waals surface area (Å²) in [6.07, 6.45) is 0.347. The molecule has 0 saturated heterocycles. The standard InChI is InChI=1S/C11H15BrN2O2S2/c1-3-10(11(13)17)18(15,16)14-8-4-5-9(12)7(2)6-8/h4-6,10,14H,3H2,1-2H3,(H2,13,17). The molecule has 1 atom stereocenters. The molecular formula is C11H15BrN2O2S2. The Morgan fingerprint density at radius 2 is 2.17 bits per heavy atom. The highest BCUT2D eigenvalue weighted by Crippen LogP contribution is 2.21. The topological polar surface area (TPSA) is 72.2 Å². The van der Waals surface area contributed by atoms with Gasteiger partial charge in [-0.05, 0) is 37.1 Å². The summed E-state index contributed by atoms with van der Waals surface area (Å²) in [4.78, 5) is -0.0150. The smallest absolute Gasteiger partial charge is 0.242 e. The summed E-state index contributed by atoms with van der Waals surface area (Å²) < 4.78 is 27.6. The third-order valence-electron chi connectivity index (χ3n) is 2.48. The van der Waals surface area contributed by atoms with Gasteiger partial charge in [-0.15, -0.1) is 0 Å². The molecule has 18 heavy (non-hydrogen) atoms. The van der Waals surface area contributed by atoms with Crippen molar-refractivity contribution in [1.29, 1.82) is 0 Å². The largest absolute Gasteiger partial charge is 0.392 e. The number of hydrogen-bond acceptors (Lipinski definition) is 3. The highest BCUT2D eigenvalue weighted by Gasteiger charge is 2.26. The Bertz CT molecular complexity index is 558. The average molecular weight is 351 g/mol. The molecule has 1 aromatic rings. The van der Waals surface area contributed by atoms with Crippen LogP contribution in [0.1, 0.15) is 18.9 Å². The van der Waals surface area contributed by atoms with Crippen molar-refractivity contribution in [3.05, 3.63) is 28.2 Å². The Balaban J connectivity index is 3.01. The number of sulfonamides is 1. The van der Waals surface area contributed by atoms with Gasteiger partial charge >= 0.3 is 0 Å². The zero-order valence-electron chi connectivity index (χ0n) is 10.1. The van der Waals surface area contributed by atoms with Crippen molar-refractivity contribution < 1.29 is 8.42 Å². The highest BCUT2D eigenvalue weighted by molar-refractivity contribution is 9.10. The Kier molecular flexibility index (Phi) is 5.12. The lowest BCUT2D eigenvalue weighted by molar-refractivity contribution is 0.594. The fourth-order valence-corrected chi connectivity index (χ4v) is 3.65. The number of hydrogen-bond donors (Lipinski definition) is 2. The van der Waals surface area contributed by atoms with Crippen molar-refractivity contribution in [1.82, 2.24) is 0 Å². The molecule has 1 aromatic carbocycles. The summed E-state index contributed by atoms with van der Waals surface area (Å²) in [6.45, 7) is 3.61. The van der Waals surface area contributed by atoms with E-state index in [4.69, 9.17) is 18.0 Å². The predicted molar refractivity (Wildman–Crippen MR) is 82.3 cm³/mol. The summed E-state index contributed by atoms with van der Waals surface area (Å²) in [5, 5.41) is -0.851. The number of nitrogens with two attached hydrogens (primary N) is 1. The van der Waals surface area contributed by atoms with E-state index >= 15 is 0 Å². The molecule has 0 radical (unpaired) electrons. The van der Waals surface area contributed by atoms with E-state index in [9.17, 15) is 8.42 Å². The van der Waals surface area contributed by atoms with Crippen molar-refractivity contribution in [2.75, 3.05) is 4.72 Å². The first-order valence-electron chi connectivity index (χ1n) is 5.35. The molecule has 0 spiro atoms. The Hall–Kier alpha value is -0.660. The molecule has 0 heterocycles. The molecule has 0 aliphatic carbocycles. The van der Waals surface area contributed by atoms with Crippen LogP contribution in [-0.4, -0.2) is 18.7 Å². The van der Waals surface area contributed by atoms with Crippen molar-refractivity contribution in [3.63, 3.8) is 0 Å². The molecule has 1 unspecified atom stereocenters. The second kappa shape index (κ2) is 5.99. The summed E-state index contributed by atoms with van der Waals surface area (Å²) in [5.74, 6) is 0. The van der Waals surface area contributed by atoms with E-state index in [2.05, 4.69) is 20.7 Å². The first-order valence-corrected chi connectivity index (χ1v) is 8.09. The van der Waals surface area contributed by atoms with Crippen LogP contribution in [-0.2, 0) is 10.0 Å². The molecule has 0 bridgehead atoms. The Labute approximate surface area is 121 Å². The van der Waals surface area contributed by atoms with E-state index in [0.717, 1.165) is 10.0 Å². The maximum Gasteiger partial charge on any atom is 0.242 e. The van der Waals surface area contributed by atoms with Gasteiger partial charge in [0.1, 0.15) is 5.25 Å². The molecular weight excluding hydrogens is 336 g/mol. The molecule has 0 saturated carbocycles. The van der Waals surface area contributed by atoms with Gasteiger partial charge in [0.05, 0.1) is 4.99 Å². The van der Waals surface area contributed by atoms with Gasteiger partial charge in [-0.25, -0.2) is 8.42 Å².